The van der Waals surface area contributed by atoms with Gasteiger partial charge in [0.05, 0.1) is 5.92 Å². The molecule has 0 radical (unpaired) electrons. The Bertz CT molecular complexity index is 909. The highest BCUT2D eigenvalue weighted by Gasteiger charge is 2.34. The molecule has 0 aromatic heterocycles. The Balaban J connectivity index is 1.27. The largest absolute Gasteiger partial charge is 0.426 e. The Morgan fingerprint density at radius 2 is 1.41 bits per heavy atom. The van der Waals surface area contributed by atoms with E-state index in [0.29, 0.717) is 5.92 Å². The van der Waals surface area contributed by atoms with Gasteiger partial charge >= 0.3 is 5.97 Å². The summed E-state index contributed by atoms with van der Waals surface area (Å²) in [5.41, 5.74) is 2.57. The number of benzene rings is 1. The van der Waals surface area contributed by atoms with Crippen LogP contribution in [0, 0.1) is 29.6 Å². The van der Waals surface area contributed by atoms with Crippen LogP contribution in [0.4, 0.5) is 0 Å². The Labute approximate surface area is 253 Å². The van der Waals surface area contributed by atoms with Crippen molar-refractivity contribution >= 4 is 5.97 Å². The molecule has 0 spiro atoms. The van der Waals surface area contributed by atoms with Crippen molar-refractivity contribution in [2.24, 2.45) is 29.6 Å². The highest BCUT2D eigenvalue weighted by molar-refractivity contribution is 5.75. The zero-order valence-corrected chi connectivity index (χ0v) is 27.0. The molecule has 1 aromatic rings. The first kappa shape index (κ1) is 32.3. The second-order valence-electron chi connectivity index (χ2n) is 14.3. The molecule has 3 saturated carbocycles. The van der Waals surface area contributed by atoms with E-state index in [1.165, 1.54) is 121 Å². The number of allylic oxidation sites excluding steroid dienone is 1. The first-order valence-electron chi connectivity index (χ1n) is 18.0. The summed E-state index contributed by atoms with van der Waals surface area (Å²) in [5.74, 6) is 5.26. The van der Waals surface area contributed by atoms with Gasteiger partial charge in [0.2, 0.25) is 0 Å². The number of hydrogen-bond acceptors (Lipinski definition) is 2. The first-order valence-corrected chi connectivity index (χ1v) is 18.0. The van der Waals surface area contributed by atoms with Crippen molar-refractivity contribution < 1.29 is 9.53 Å². The third-order valence-electron chi connectivity index (χ3n) is 11.5. The summed E-state index contributed by atoms with van der Waals surface area (Å²) in [6.45, 7) is 10.9. The number of carbonyl (C=O) groups is 1. The molecule has 0 saturated heterocycles. The van der Waals surface area contributed by atoms with Crippen LogP contribution >= 0.6 is 0 Å². The van der Waals surface area contributed by atoms with Gasteiger partial charge in [-0.15, -0.1) is 6.58 Å². The lowest BCUT2D eigenvalue weighted by molar-refractivity contribution is -0.140. The zero-order chi connectivity index (χ0) is 29.0. The third kappa shape index (κ3) is 9.46. The monoisotopic (exact) mass is 562 g/mol. The molecular formula is C39H62O2. The van der Waals surface area contributed by atoms with E-state index in [9.17, 15) is 4.79 Å². The van der Waals surface area contributed by atoms with Crippen molar-refractivity contribution in [2.75, 3.05) is 0 Å². The third-order valence-corrected chi connectivity index (χ3v) is 11.5. The first-order chi connectivity index (χ1) is 20.0. The van der Waals surface area contributed by atoms with Gasteiger partial charge in [-0.3, -0.25) is 4.79 Å². The normalized spacial score (nSPS) is 29.5. The Morgan fingerprint density at radius 3 is 2.05 bits per heavy atom. The molecule has 0 amide bonds. The maximum atomic E-state index is 13.3. The van der Waals surface area contributed by atoms with Gasteiger partial charge in [-0.2, -0.15) is 0 Å². The lowest BCUT2D eigenvalue weighted by atomic mass is 9.69. The van der Waals surface area contributed by atoms with Gasteiger partial charge in [0.1, 0.15) is 5.75 Å². The van der Waals surface area contributed by atoms with E-state index in [2.05, 4.69) is 45.5 Å². The summed E-state index contributed by atoms with van der Waals surface area (Å²) in [4.78, 5) is 13.3. The van der Waals surface area contributed by atoms with E-state index < -0.39 is 0 Å². The lowest BCUT2D eigenvalue weighted by Gasteiger charge is -2.37. The quantitative estimate of drug-likeness (QED) is 0.0975. The van der Waals surface area contributed by atoms with Crippen LogP contribution in [0.15, 0.2) is 30.9 Å². The molecule has 230 valence electrons. The number of carbonyl (C=O) groups excluding carboxylic acids is 1. The average molecular weight is 563 g/mol. The molecule has 1 aromatic carbocycles. The fraction of sp³-hybridized carbons (Fsp3) is 0.769. The highest BCUT2D eigenvalue weighted by atomic mass is 16.5. The van der Waals surface area contributed by atoms with Crippen LogP contribution in [-0.2, 0) is 4.79 Å². The highest BCUT2D eigenvalue weighted by Crippen LogP contribution is 2.43. The predicted molar refractivity (Wildman–Crippen MR) is 175 cm³/mol. The molecule has 3 fully saturated rings. The summed E-state index contributed by atoms with van der Waals surface area (Å²) < 4.78 is 6.17. The van der Waals surface area contributed by atoms with Gasteiger partial charge in [0.25, 0.3) is 0 Å². The van der Waals surface area contributed by atoms with Crippen LogP contribution in [0.3, 0.4) is 0 Å². The van der Waals surface area contributed by atoms with E-state index in [1.54, 1.807) is 0 Å². The molecule has 0 N–H and O–H groups in total. The zero-order valence-electron chi connectivity index (χ0n) is 27.0. The molecule has 41 heavy (non-hydrogen) atoms. The SMILES string of the molecule is C=CC(C)c1cc(C2CCC(CCCCCCC)CC2)ccc1OC(=O)C1CCC(C2CCC(CCC)CC2)CC1. The second-order valence-corrected chi connectivity index (χ2v) is 14.3. The molecule has 2 heteroatoms. The molecule has 3 aliphatic rings. The minimum Gasteiger partial charge on any atom is -0.426 e. The number of esters is 1. The number of ether oxygens (including phenoxy) is 1. The van der Waals surface area contributed by atoms with Crippen molar-refractivity contribution in [3.8, 4) is 5.75 Å². The summed E-state index contributed by atoms with van der Waals surface area (Å²) in [5, 5.41) is 0. The van der Waals surface area contributed by atoms with Crippen LogP contribution in [0.5, 0.6) is 5.75 Å². The summed E-state index contributed by atoms with van der Waals surface area (Å²) >= 11 is 0. The smallest absolute Gasteiger partial charge is 0.314 e. The van der Waals surface area contributed by atoms with E-state index >= 15 is 0 Å². The van der Waals surface area contributed by atoms with Crippen molar-refractivity contribution in [1.82, 2.24) is 0 Å². The van der Waals surface area contributed by atoms with Crippen LogP contribution in [0.25, 0.3) is 0 Å². The molecule has 3 aliphatic carbocycles. The van der Waals surface area contributed by atoms with Gasteiger partial charge < -0.3 is 4.74 Å². The maximum absolute atomic E-state index is 13.3. The maximum Gasteiger partial charge on any atom is 0.314 e. The van der Waals surface area contributed by atoms with Gasteiger partial charge in [-0.1, -0.05) is 103 Å². The van der Waals surface area contributed by atoms with Crippen molar-refractivity contribution in [3.63, 3.8) is 0 Å². The number of hydrogen-bond donors (Lipinski definition) is 0. The minimum atomic E-state index is -0.000175. The van der Waals surface area contributed by atoms with Crippen LogP contribution in [0.2, 0.25) is 0 Å². The average Bonchev–Trinajstić information content (AvgIpc) is 3.01. The van der Waals surface area contributed by atoms with Gasteiger partial charge in [0.15, 0.2) is 0 Å². The molecular weight excluding hydrogens is 500 g/mol. The summed E-state index contributed by atoms with van der Waals surface area (Å²) in [7, 11) is 0. The standard InChI is InChI=1S/C39H62O2/c1-5-8-9-10-11-13-31-16-20-34(21-17-31)36-26-27-38(37(28-36)29(4)7-3)41-39(40)35-24-22-33(23-25-35)32-18-14-30(12-6-2)15-19-32/h7,26-35H,3,5-6,8-25H2,1-2,4H3. The lowest BCUT2D eigenvalue weighted by Crippen LogP contribution is -2.30. The van der Waals surface area contributed by atoms with Crippen molar-refractivity contribution in [3.05, 3.63) is 42.0 Å². The molecule has 1 atom stereocenters. The number of rotatable bonds is 14. The topological polar surface area (TPSA) is 26.3 Å². The minimum absolute atomic E-state index is 0.000175. The Morgan fingerprint density at radius 1 is 0.805 bits per heavy atom. The van der Waals surface area contributed by atoms with E-state index in [4.69, 9.17) is 4.74 Å². The molecule has 0 bridgehead atoms. The van der Waals surface area contributed by atoms with Crippen molar-refractivity contribution in [2.45, 2.75) is 161 Å². The molecule has 0 heterocycles. The van der Waals surface area contributed by atoms with Gasteiger partial charge in [-0.25, -0.2) is 0 Å². The molecule has 1 unspecified atom stereocenters. The molecule has 4 rings (SSSR count). The fourth-order valence-corrected chi connectivity index (χ4v) is 8.59. The van der Waals surface area contributed by atoms with Crippen LogP contribution in [0.1, 0.15) is 172 Å². The van der Waals surface area contributed by atoms with E-state index in [-0.39, 0.29) is 17.8 Å². The molecule has 2 nitrogen and oxygen atoms in total. The second kappa shape index (κ2) is 16.9. The van der Waals surface area contributed by atoms with E-state index in [1.807, 2.05) is 6.08 Å². The van der Waals surface area contributed by atoms with Crippen molar-refractivity contribution in [1.29, 1.82) is 0 Å². The summed E-state index contributed by atoms with van der Waals surface area (Å²) in [6.07, 6.45) is 28.6. The predicted octanol–water partition coefficient (Wildman–Crippen LogP) is 11.9. The summed E-state index contributed by atoms with van der Waals surface area (Å²) in [6, 6.07) is 6.70. The molecule has 0 aliphatic heterocycles. The number of unbranched alkanes of at least 4 members (excludes halogenated alkanes) is 4. The van der Waals surface area contributed by atoms with Crippen LogP contribution < -0.4 is 4.74 Å². The van der Waals surface area contributed by atoms with E-state index in [0.717, 1.165) is 47.8 Å². The van der Waals surface area contributed by atoms with Gasteiger partial charge in [-0.05, 0) is 105 Å². The fourth-order valence-electron chi connectivity index (χ4n) is 8.59. The van der Waals surface area contributed by atoms with Crippen LogP contribution in [-0.4, -0.2) is 5.97 Å². The Hall–Kier alpha value is -1.57. The van der Waals surface area contributed by atoms with Gasteiger partial charge in [0, 0.05) is 11.5 Å². The Kier molecular flexibility index (Phi) is 13.3.